The number of carbonyl (C=O) groups excluding carboxylic acids is 1. The highest BCUT2D eigenvalue weighted by Gasteiger charge is 1.99. The maximum Gasteiger partial charge on any atom is 0.408 e. The molecule has 5 nitrogen and oxygen atoms in total. The fourth-order valence-corrected chi connectivity index (χ4v) is 1.39. The Morgan fingerprint density at radius 3 is 2.85 bits per heavy atom. The summed E-state index contributed by atoms with van der Waals surface area (Å²) in [5.41, 5.74) is 1.50. The number of hydrogen-bond acceptors (Lipinski definition) is 4. The van der Waals surface area contributed by atoms with Gasteiger partial charge in [0.2, 0.25) is 0 Å². The molecular weight excluding hydrogens is 254 g/mol. The second-order valence-corrected chi connectivity index (χ2v) is 3.81. The lowest BCUT2D eigenvalue weighted by Gasteiger charge is -2.04. The number of benzene rings is 1. The third-order valence-corrected chi connectivity index (χ3v) is 2.31. The van der Waals surface area contributed by atoms with Gasteiger partial charge in [0.25, 0.3) is 0 Å². The van der Waals surface area contributed by atoms with Gasteiger partial charge in [-0.3, -0.25) is 4.98 Å². The van der Waals surface area contributed by atoms with Crippen molar-refractivity contribution in [2.45, 2.75) is 6.61 Å². The van der Waals surface area contributed by atoms with Gasteiger partial charge in [-0.25, -0.2) is 9.78 Å². The van der Waals surface area contributed by atoms with E-state index < -0.39 is 6.09 Å². The van der Waals surface area contributed by atoms with Crippen molar-refractivity contribution in [2.75, 3.05) is 6.54 Å². The first-order valence-electron chi connectivity index (χ1n) is 6.04. The molecule has 0 radical (unpaired) electrons. The second-order valence-electron chi connectivity index (χ2n) is 3.81. The summed E-state index contributed by atoms with van der Waals surface area (Å²) >= 11 is 0. The summed E-state index contributed by atoms with van der Waals surface area (Å²) in [6.45, 7) is 0.439. The Kier molecular flexibility index (Phi) is 5.11. The molecule has 20 heavy (non-hydrogen) atoms. The van der Waals surface area contributed by atoms with E-state index in [0.717, 1.165) is 5.56 Å². The molecule has 0 spiro atoms. The van der Waals surface area contributed by atoms with Crippen LogP contribution in [-0.4, -0.2) is 22.6 Å². The first-order valence-corrected chi connectivity index (χ1v) is 6.04. The SMILES string of the molecule is O=C(NCC#Cc1cnccn1)OCc1ccccc1. The predicted octanol–water partition coefficient (Wildman–Crippen LogP) is 1.75. The van der Waals surface area contributed by atoms with Crippen molar-refractivity contribution in [3.8, 4) is 11.8 Å². The fourth-order valence-electron chi connectivity index (χ4n) is 1.39. The molecule has 0 unspecified atom stereocenters. The number of hydrogen-bond donors (Lipinski definition) is 1. The van der Waals surface area contributed by atoms with Crippen LogP contribution < -0.4 is 5.32 Å². The van der Waals surface area contributed by atoms with E-state index in [1.807, 2.05) is 30.3 Å². The first kappa shape index (κ1) is 13.6. The average Bonchev–Trinajstić information content (AvgIpc) is 2.52. The third-order valence-electron chi connectivity index (χ3n) is 2.31. The Morgan fingerprint density at radius 1 is 1.25 bits per heavy atom. The highest BCUT2D eigenvalue weighted by molar-refractivity contribution is 5.67. The van der Waals surface area contributed by atoms with Gasteiger partial charge in [-0.2, -0.15) is 0 Å². The van der Waals surface area contributed by atoms with Crippen LogP contribution in [0, 0.1) is 11.8 Å². The number of nitrogens with zero attached hydrogens (tertiary/aromatic N) is 2. The molecule has 0 saturated carbocycles. The Bertz CT molecular complexity index is 603. The molecule has 0 aliphatic rings. The second kappa shape index (κ2) is 7.54. The molecule has 0 aliphatic heterocycles. The molecule has 1 amide bonds. The van der Waals surface area contributed by atoms with E-state index in [1.165, 1.54) is 0 Å². The lowest BCUT2D eigenvalue weighted by molar-refractivity contribution is 0.141. The van der Waals surface area contributed by atoms with Crippen molar-refractivity contribution in [1.82, 2.24) is 15.3 Å². The maximum absolute atomic E-state index is 11.4. The van der Waals surface area contributed by atoms with Crippen LogP contribution in [0.15, 0.2) is 48.9 Å². The average molecular weight is 267 g/mol. The van der Waals surface area contributed by atoms with E-state index in [1.54, 1.807) is 18.6 Å². The Labute approximate surface area is 117 Å². The van der Waals surface area contributed by atoms with Gasteiger partial charge in [0.15, 0.2) is 0 Å². The Morgan fingerprint density at radius 2 is 2.10 bits per heavy atom. The van der Waals surface area contributed by atoms with E-state index >= 15 is 0 Å². The van der Waals surface area contributed by atoms with E-state index in [4.69, 9.17) is 4.74 Å². The summed E-state index contributed by atoms with van der Waals surface area (Å²) in [5, 5.41) is 2.54. The normalized spacial score (nSPS) is 9.20. The maximum atomic E-state index is 11.4. The molecule has 1 heterocycles. The van der Waals surface area contributed by atoms with Gasteiger partial charge in [0.05, 0.1) is 12.7 Å². The number of ether oxygens (including phenoxy) is 1. The number of aromatic nitrogens is 2. The summed E-state index contributed by atoms with van der Waals surface area (Å²) < 4.78 is 5.03. The lowest BCUT2D eigenvalue weighted by atomic mass is 10.2. The molecule has 1 N–H and O–H groups in total. The van der Waals surface area contributed by atoms with Gasteiger partial charge in [-0.15, -0.1) is 0 Å². The lowest BCUT2D eigenvalue weighted by Crippen LogP contribution is -2.24. The summed E-state index contributed by atoms with van der Waals surface area (Å²) in [6, 6.07) is 9.47. The van der Waals surface area contributed by atoms with Gasteiger partial charge in [-0.1, -0.05) is 36.3 Å². The van der Waals surface area contributed by atoms with Crippen LogP contribution in [0.1, 0.15) is 11.3 Å². The number of alkyl carbamates (subject to hydrolysis) is 1. The van der Waals surface area contributed by atoms with E-state index in [9.17, 15) is 4.79 Å². The number of rotatable bonds is 3. The molecule has 100 valence electrons. The van der Waals surface area contributed by atoms with E-state index in [0.29, 0.717) is 5.69 Å². The smallest absolute Gasteiger partial charge is 0.408 e. The molecule has 0 fully saturated rings. The molecule has 0 atom stereocenters. The van der Waals surface area contributed by atoms with Crippen LogP contribution in [0.2, 0.25) is 0 Å². The summed E-state index contributed by atoms with van der Waals surface area (Å²) in [5.74, 6) is 5.55. The van der Waals surface area contributed by atoms with Gasteiger partial charge in [-0.05, 0) is 11.5 Å². The van der Waals surface area contributed by atoms with Crippen LogP contribution in [0.3, 0.4) is 0 Å². The van der Waals surface area contributed by atoms with E-state index in [2.05, 4.69) is 27.1 Å². The van der Waals surface area contributed by atoms with Crippen molar-refractivity contribution in [1.29, 1.82) is 0 Å². The van der Waals surface area contributed by atoms with Crippen LogP contribution in [0.5, 0.6) is 0 Å². The molecule has 0 saturated heterocycles. The minimum Gasteiger partial charge on any atom is -0.445 e. The molecule has 1 aromatic carbocycles. The molecule has 2 rings (SSSR count). The minimum atomic E-state index is -0.498. The number of amides is 1. The molecule has 2 aromatic rings. The third kappa shape index (κ3) is 4.78. The minimum absolute atomic E-state index is 0.199. The molecule has 5 heteroatoms. The molecule has 1 aromatic heterocycles. The monoisotopic (exact) mass is 267 g/mol. The van der Waals surface area contributed by atoms with Crippen LogP contribution in [-0.2, 0) is 11.3 Å². The van der Waals surface area contributed by atoms with Crippen molar-refractivity contribution < 1.29 is 9.53 Å². The first-order chi connectivity index (χ1) is 9.84. The summed E-state index contributed by atoms with van der Waals surface area (Å²) in [6.07, 6.45) is 4.19. The molecule has 0 aliphatic carbocycles. The van der Waals surface area contributed by atoms with Crippen molar-refractivity contribution in [2.24, 2.45) is 0 Å². The Hall–Kier alpha value is -2.87. The van der Waals surface area contributed by atoms with Crippen LogP contribution in [0.25, 0.3) is 0 Å². The zero-order valence-corrected chi connectivity index (χ0v) is 10.7. The summed E-state index contributed by atoms with van der Waals surface area (Å²) in [7, 11) is 0. The largest absolute Gasteiger partial charge is 0.445 e. The fraction of sp³-hybridized carbons (Fsp3) is 0.133. The highest BCUT2D eigenvalue weighted by Crippen LogP contribution is 2.00. The highest BCUT2D eigenvalue weighted by atomic mass is 16.5. The zero-order chi connectivity index (χ0) is 14.0. The van der Waals surface area contributed by atoms with Crippen molar-refractivity contribution >= 4 is 6.09 Å². The van der Waals surface area contributed by atoms with E-state index in [-0.39, 0.29) is 13.2 Å². The van der Waals surface area contributed by atoms with Gasteiger partial charge in [0, 0.05) is 12.4 Å². The quantitative estimate of drug-likeness (QED) is 0.861. The topological polar surface area (TPSA) is 64.1 Å². The van der Waals surface area contributed by atoms with Crippen molar-refractivity contribution in [3.63, 3.8) is 0 Å². The number of nitrogens with one attached hydrogen (secondary N) is 1. The van der Waals surface area contributed by atoms with Crippen LogP contribution in [0.4, 0.5) is 4.79 Å². The Balaban J connectivity index is 1.70. The van der Waals surface area contributed by atoms with Crippen molar-refractivity contribution in [3.05, 3.63) is 60.2 Å². The van der Waals surface area contributed by atoms with Gasteiger partial charge >= 0.3 is 6.09 Å². The predicted molar refractivity (Wildman–Crippen MR) is 73.5 cm³/mol. The van der Waals surface area contributed by atoms with Gasteiger partial charge < -0.3 is 10.1 Å². The summed E-state index contributed by atoms with van der Waals surface area (Å²) in [4.78, 5) is 19.3. The van der Waals surface area contributed by atoms with Crippen LogP contribution >= 0.6 is 0 Å². The molecule has 0 bridgehead atoms. The molecular formula is C15H13N3O2. The number of carbonyl (C=O) groups is 1. The zero-order valence-electron chi connectivity index (χ0n) is 10.7. The standard InChI is InChI=1S/C15H13N3O2/c19-15(20-12-13-5-2-1-3-6-13)18-8-4-7-14-11-16-9-10-17-14/h1-3,5-6,9-11H,8,12H2,(H,18,19). The van der Waals surface area contributed by atoms with Gasteiger partial charge in [0.1, 0.15) is 12.3 Å².